The number of carbonyl (C=O) groups is 2. The molecule has 5 heteroatoms. The van der Waals surface area contributed by atoms with Gasteiger partial charge in [0.2, 0.25) is 5.91 Å². The predicted molar refractivity (Wildman–Crippen MR) is 71.3 cm³/mol. The van der Waals surface area contributed by atoms with Crippen molar-refractivity contribution in [2.75, 3.05) is 12.4 Å². The number of anilines is 1. The average Bonchev–Trinajstić information content (AvgIpc) is 2.30. The van der Waals surface area contributed by atoms with Gasteiger partial charge >= 0.3 is 0 Å². The fraction of sp³-hybridized carbons (Fsp3) is 0.385. The Balaban J connectivity index is 2.76. The smallest absolute Gasteiger partial charge is 0.224 e. The molecule has 1 aromatic carbocycles. The molecule has 1 rings (SSSR count). The molecule has 0 saturated heterocycles. The molecule has 18 heavy (non-hydrogen) atoms. The van der Waals surface area contributed by atoms with E-state index in [0.717, 1.165) is 5.56 Å². The lowest BCUT2D eigenvalue weighted by atomic mass is 10.1. The van der Waals surface area contributed by atoms with Gasteiger partial charge in [0.25, 0.3) is 0 Å². The van der Waals surface area contributed by atoms with Gasteiger partial charge < -0.3 is 14.8 Å². The van der Waals surface area contributed by atoms with Crippen LogP contribution < -0.4 is 10.1 Å². The number of hydrogen-bond acceptors (Lipinski definition) is 3. The molecule has 1 aromatic rings. The number of amides is 1. The molecule has 0 unspecified atom stereocenters. The summed E-state index contributed by atoms with van der Waals surface area (Å²) >= 11 is 5.98. The zero-order valence-corrected chi connectivity index (χ0v) is 11.4. The van der Waals surface area contributed by atoms with E-state index in [0.29, 0.717) is 16.5 Å². The van der Waals surface area contributed by atoms with Gasteiger partial charge in [0.05, 0.1) is 12.1 Å². The largest absolute Gasteiger partial charge is 0.495 e. The van der Waals surface area contributed by atoms with Crippen LogP contribution >= 0.6 is 11.6 Å². The number of nitrogens with one attached hydrogen (secondary N) is 1. The maximum Gasteiger partial charge on any atom is 0.224 e. The number of benzene rings is 1. The SMILES string of the molecule is COc1cc(C)c(NC(=O)CCC(C)=O)cc1Cl. The Morgan fingerprint density at radius 2 is 2.00 bits per heavy atom. The molecule has 0 aliphatic rings. The summed E-state index contributed by atoms with van der Waals surface area (Å²) in [6, 6.07) is 3.39. The van der Waals surface area contributed by atoms with Crippen molar-refractivity contribution in [3.63, 3.8) is 0 Å². The molecule has 0 aliphatic carbocycles. The van der Waals surface area contributed by atoms with E-state index in [1.807, 2.05) is 6.92 Å². The van der Waals surface area contributed by atoms with Crippen molar-refractivity contribution >= 4 is 29.0 Å². The van der Waals surface area contributed by atoms with Gasteiger partial charge in [-0.3, -0.25) is 4.79 Å². The van der Waals surface area contributed by atoms with Gasteiger partial charge in [-0.05, 0) is 31.5 Å². The highest BCUT2D eigenvalue weighted by molar-refractivity contribution is 6.32. The molecule has 0 heterocycles. The minimum absolute atomic E-state index is 0.00497. The van der Waals surface area contributed by atoms with Crippen molar-refractivity contribution in [1.29, 1.82) is 0 Å². The lowest BCUT2D eigenvalue weighted by Crippen LogP contribution is -2.13. The van der Waals surface area contributed by atoms with Crippen LogP contribution in [0.1, 0.15) is 25.3 Å². The highest BCUT2D eigenvalue weighted by atomic mass is 35.5. The molecule has 0 spiro atoms. The first-order valence-corrected chi connectivity index (χ1v) is 5.95. The topological polar surface area (TPSA) is 55.4 Å². The van der Waals surface area contributed by atoms with Crippen LogP contribution in [-0.4, -0.2) is 18.8 Å². The quantitative estimate of drug-likeness (QED) is 0.894. The molecule has 4 nitrogen and oxygen atoms in total. The Morgan fingerprint density at radius 3 is 2.56 bits per heavy atom. The van der Waals surface area contributed by atoms with Crippen molar-refractivity contribution in [2.24, 2.45) is 0 Å². The van der Waals surface area contributed by atoms with Gasteiger partial charge in [-0.2, -0.15) is 0 Å². The molecule has 0 aromatic heterocycles. The zero-order valence-electron chi connectivity index (χ0n) is 10.7. The summed E-state index contributed by atoms with van der Waals surface area (Å²) in [5.74, 6) is 0.361. The maximum atomic E-state index is 11.6. The number of ketones is 1. The summed E-state index contributed by atoms with van der Waals surface area (Å²) in [6.45, 7) is 3.31. The van der Waals surface area contributed by atoms with Crippen LogP contribution in [0.4, 0.5) is 5.69 Å². The van der Waals surface area contributed by atoms with Crippen molar-refractivity contribution in [3.8, 4) is 5.75 Å². The maximum absolute atomic E-state index is 11.6. The molecule has 0 radical (unpaired) electrons. The van der Waals surface area contributed by atoms with Gasteiger partial charge in [0, 0.05) is 18.5 Å². The van der Waals surface area contributed by atoms with Crippen molar-refractivity contribution in [3.05, 3.63) is 22.7 Å². The summed E-state index contributed by atoms with van der Waals surface area (Å²) in [6.07, 6.45) is 0.424. The molecule has 1 N–H and O–H groups in total. The molecule has 0 aliphatic heterocycles. The van der Waals surface area contributed by atoms with Crippen molar-refractivity contribution < 1.29 is 14.3 Å². The summed E-state index contributed by atoms with van der Waals surface area (Å²) in [7, 11) is 1.53. The van der Waals surface area contributed by atoms with E-state index in [2.05, 4.69) is 5.32 Å². The Hall–Kier alpha value is -1.55. The van der Waals surface area contributed by atoms with E-state index in [1.165, 1.54) is 14.0 Å². The van der Waals surface area contributed by atoms with E-state index in [9.17, 15) is 9.59 Å². The molecule has 98 valence electrons. The number of aryl methyl sites for hydroxylation is 1. The van der Waals surface area contributed by atoms with E-state index in [-0.39, 0.29) is 24.5 Å². The molecule has 0 bridgehead atoms. The second-order valence-electron chi connectivity index (χ2n) is 4.05. The number of methoxy groups -OCH3 is 1. The monoisotopic (exact) mass is 269 g/mol. The number of rotatable bonds is 5. The molecule has 0 fully saturated rings. The minimum atomic E-state index is -0.200. The highest BCUT2D eigenvalue weighted by Crippen LogP contribution is 2.30. The van der Waals surface area contributed by atoms with Gasteiger partial charge in [-0.25, -0.2) is 0 Å². The van der Waals surface area contributed by atoms with Crippen molar-refractivity contribution in [1.82, 2.24) is 0 Å². The number of carbonyl (C=O) groups excluding carboxylic acids is 2. The average molecular weight is 270 g/mol. The number of hydrogen-bond donors (Lipinski definition) is 1. The Kier molecular flexibility index (Phi) is 5.16. The lowest BCUT2D eigenvalue weighted by Gasteiger charge is -2.11. The third-order valence-corrected chi connectivity index (χ3v) is 2.77. The van der Waals surface area contributed by atoms with Gasteiger partial charge in [0.15, 0.2) is 0 Å². The first-order valence-electron chi connectivity index (χ1n) is 5.57. The fourth-order valence-corrected chi connectivity index (χ4v) is 1.69. The third kappa shape index (κ3) is 4.04. The molecule has 0 atom stereocenters. The van der Waals surface area contributed by atoms with Crippen LogP contribution in [0.2, 0.25) is 5.02 Å². The van der Waals surface area contributed by atoms with E-state index in [1.54, 1.807) is 12.1 Å². The van der Waals surface area contributed by atoms with Crippen LogP contribution in [0.25, 0.3) is 0 Å². The number of halogens is 1. The Bertz CT molecular complexity index is 472. The normalized spacial score (nSPS) is 10.0. The lowest BCUT2D eigenvalue weighted by molar-refractivity contribution is -0.121. The zero-order chi connectivity index (χ0) is 13.7. The first-order chi connectivity index (χ1) is 8.43. The van der Waals surface area contributed by atoms with Gasteiger partial charge in [-0.15, -0.1) is 0 Å². The standard InChI is InChI=1S/C13H16ClNO3/c1-8-6-12(18-3)10(14)7-11(8)15-13(17)5-4-9(2)16/h6-7H,4-5H2,1-3H3,(H,15,17). The summed E-state index contributed by atoms with van der Waals surface area (Å²) < 4.78 is 5.08. The molecular weight excluding hydrogens is 254 g/mol. The predicted octanol–water partition coefficient (Wildman–Crippen LogP) is 2.96. The number of ether oxygens (including phenoxy) is 1. The second-order valence-corrected chi connectivity index (χ2v) is 4.46. The minimum Gasteiger partial charge on any atom is -0.495 e. The molecular formula is C13H16ClNO3. The summed E-state index contributed by atoms with van der Waals surface area (Å²) in [5.41, 5.74) is 1.49. The van der Waals surface area contributed by atoms with Gasteiger partial charge in [-0.1, -0.05) is 11.6 Å². The Morgan fingerprint density at radius 1 is 1.33 bits per heavy atom. The third-order valence-electron chi connectivity index (χ3n) is 2.48. The summed E-state index contributed by atoms with van der Waals surface area (Å²) in [5, 5.41) is 3.16. The van der Waals surface area contributed by atoms with E-state index >= 15 is 0 Å². The van der Waals surface area contributed by atoms with Crippen LogP contribution in [-0.2, 0) is 9.59 Å². The first kappa shape index (κ1) is 14.5. The van der Waals surface area contributed by atoms with E-state index in [4.69, 9.17) is 16.3 Å². The van der Waals surface area contributed by atoms with Crippen LogP contribution in [0.5, 0.6) is 5.75 Å². The molecule has 1 amide bonds. The van der Waals surface area contributed by atoms with Gasteiger partial charge in [0.1, 0.15) is 11.5 Å². The highest BCUT2D eigenvalue weighted by Gasteiger charge is 2.09. The van der Waals surface area contributed by atoms with Crippen LogP contribution in [0, 0.1) is 6.92 Å². The van der Waals surface area contributed by atoms with Crippen molar-refractivity contribution in [2.45, 2.75) is 26.7 Å². The van der Waals surface area contributed by atoms with E-state index < -0.39 is 0 Å². The number of Topliss-reactive ketones (excluding diaryl/α,β-unsaturated/α-hetero) is 1. The van der Waals surface area contributed by atoms with Crippen LogP contribution in [0.15, 0.2) is 12.1 Å². The summed E-state index contributed by atoms with van der Waals surface area (Å²) in [4.78, 5) is 22.4. The Labute approximate surface area is 111 Å². The second kappa shape index (κ2) is 6.40. The molecule has 0 saturated carbocycles. The fourth-order valence-electron chi connectivity index (χ4n) is 1.45. The van der Waals surface area contributed by atoms with Crippen LogP contribution in [0.3, 0.4) is 0 Å².